The van der Waals surface area contributed by atoms with E-state index in [1.807, 2.05) is 19.1 Å². The summed E-state index contributed by atoms with van der Waals surface area (Å²) in [6.45, 7) is 4.31. The lowest BCUT2D eigenvalue weighted by Gasteiger charge is -2.18. The van der Waals surface area contributed by atoms with Crippen molar-refractivity contribution in [3.8, 4) is 0 Å². The van der Waals surface area contributed by atoms with E-state index in [-0.39, 0.29) is 6.10 Å². The van der Waals surface area contributed by atoms with Gasteiger partial charge in [0, 0.05) is 20.2 Å². The molecule has 1 rings (SSSR count). The minimum absolute atomic E-state index is 0.154. The second-order valence-corrected chi connectivity index (χ2v) is 4.13. The number of hydrogen-bond acceptors (Lipinski definition) is 4. The van der Waals surface area contributed by atoms with Gasteiger partial charge in [0.2, 0.25) is 0 Å². The maximum absolute atomic E-state index is 5.56. The minimum atomic E-state index is 0.154. The van der Waals surface area contributed by atoms with Crippen LogP contribution in [0.3, 0.4) is 0 Å². The number of aryl methyl sites for hydroxylation is 1. The molecular formula is C12H22N2O2. The molecule has 1 heterocycles. The molecule has 0 saturated carbocycles. The summed E-state index contributed by atoms with van der Waals surface area (Å²) in [5.74, 6) is 1.96. The standard InChI is InChI=1S/C12H22N2O2/c1-10-4-5-12(16-10)9-14(2)7-6-11(8-13)15-3/h4-5,11H,6-9,13H2,1-3H3. The summed E-state index contributed by atoms with van der Waals surface area (Å²) in [5.41, 5.74) is 5.56. The second kappa shape index (κ2) is 6.68. The first-order chi connectivity index (χ1) is 7.65. The average Bonchev–Trinajstić information content (AvgIpc) is 2.65. The van der Waals surface area contributed by atoms with Crippen molar-refractivity contribution in [3.63, 3.8) is 0 Å². The van der Waals surface area contributed by atoms with Crippen LogP contribution in [0.25, 0.3) is 0 Å². The molecule has 0 saturated heterocycles. The summed E-state index contributed by atoms with van der Waals surface area (Å²) in [4.78, 5) is 2.21. The molecule has 0 bridgehead atoms. The highest BCUT2D eigenvalue weighted by Gasteiger charge is 2.08. The van der Waals surface area contributed by atoms with Crippen molar-refractivity contribution in [2.24, 2.45) is 5.73 Å². The fourth-order valence-corrected chi connectivity index (χ4v) is 1.61. The lowest BCUT2D eigenvalue weighted by atomic mass is 10.2. The SMILES string of the molecule is COC(CN)CCN(C)Cc1ccc(C)o1. The van der Waals surface area contributed by atoms with E-state index < -0.39 is 0 Å². The van der Waals surface area contributed by atoms with Crippen molar-refractivity contribution in [2.45, 2.75) is 26.0 Å². The molecule has 4 heteroatoms. The Hall–Kier alpha value is -0.840. The number of ether oxygens (including phenoxy) is 1. The van der Waals surface area contributed by atoms with E-state index in [0.717, 1.165) is 31.0 Å². The molecule has 0 aliphatic heterocycles. The summed E-state index contributed by atoms with van der Waals surface area (Å²) in [7, 11) is 3.77. The third kappa shape index (κ3) is 4.35. The van der Waals surface area contributed by atoms with E-state index in [1.165, 1.54) is 0 Å². The van der Waals surface area contributed by atoms with Gasteiger partial charge in [-0.05, 0) is 32.5 Å². The van der Waals surface area contributed by atoms with E-state index in [0.29, 0.717) is 6.54 Å². The number of methoxy groups -OCH3 is 1. The molecule has 1 aromatic rings. The van der Waals surface area contributed by atoms with Crippen LogP contribution < -0.4 is 5.73 Å². The summed E-state index contributed by atoms with van der Waals surface area (Å²) in [6.07, 6.45) is 1.10. The molecular weight excluding hydrogens is 204 g/mol. The largest absolute Gasteiger partial charge is 0.465 e. The first kappa shape index (κ1) is 13.2. The summed E-state index contributed by atoms with van der Waals surface area (Å²) < 4.78 is 10.7. The molecule has 16 heavy (non-hydrogen) atoms. The molecule has 0 spiro atoms. The molecule has 1 atom stereocenters. The van der Waals surface area contributed by atoms with Crippen molar-refractivity contribution in [1.29, 1.82) is 0 Å². The van der Waals surface area contributed by atoms with Crippen LogP contribution in [0, 0.1) is 6.92 Å². The maximum atomic E-state index is 5.56. The minimum Gasteiger partial charge on any atom is -0.465 e. The molecule has 0 aliphatic rings. The molecule has 0 amide bonds. The van der Waals surface area contributed by atoms with Gasteiger partial charge in [0.05, 0.1) is 12.6 Å². The summed E-state index contributed by atoms with van der Waals surface area (Å²) in [6, 6.07) is 4.00. The predicted octanol–water partition coefficient (Wildman–Crippen LogP) is 1.38. The fourth-order valence-electron chi connectivity index (χ4n) is 1.61. The van der Waals surface area contributed by atoms with Crippen LogP contribution in [-0.2, 0) is 11.3 Å². The van der Waals surface area contributed by atoms with E-state index >= 15 is 0 Å². The topological polar surface area (TPSA) is 51.6 Å². The van der Waals surface area contributed by atoms with Gasteiger partial charge in [0.25, 0.3) is 0 Å². The van der Waals surface area contributed by atoms with Crippen molar-refractivity contribution < 1.29 is 9.15 Å². The Labute approximate surface area is 97.4 Å². The molecule has 0 radical (unpaired) electrons. The first-order valence-corrected chi connectivity index (χ1v) is 5.62. The number of nitrogens with two attached hydrogens (primary N) is 1. The van der Waals surface area contributed by atoms with Gasteiger partial charge in [-0.25, -0.2) is 0 Å². The van der Waals surface area contributed by atoms with Crippen LogP contribution in [0.4, 0.5) is 0 Å². The highest BCUT2D eigenvalue weighted by atomic mass is 16.5. The lowest BCUT2D eigenvalue weighted by Crippen LogP contribution is -2.28. The quantitative estimate of drug-likeness (QED) is 0.763. The van der Waals surface area contributed by atoms with Gasteiger partial charge >= 0.3 is 0 Å². The molecule has 0 aliphatic carbocycles. The van der Waals surface area contributed by atoms with Gasteiger partial charge in [0.1, 0.15) is 11.5 Å². The highest BCUT2D eigenvalue weighted by Crippen LogP contribution is 2.09. The molecule has 0 aromatic carbocycles. The zero-order valence-corrected chi connectivity index (χ0v) is 10.4. The number of furan rings is 1. The van der Waals surface area contributed by atoms with Crippen LogP contribution in [0.1, 0.15) is 17.9 Å². The van der Waals surface area contributed by atoms with E-state index in [9.17, 15) is 0 Å². The fraction of sp³-hybridized carbons (Fsp3) is 0.667. The summed E-state index contributed by atoms with van der Waals surface area (Å²) >= 11 is 0. The summed E-state index contributed by atoms with van der Waals surface area (Å²) in [5, 5.41) is 0. The zero-order chi connectivity index (χ0) is 12.0. The van der Waals surface area contributed by atoms with Crippen molar-refractivity contribution >= 4 is 0 Å². The smallest absolute Gasteiger partial charge is 0.118 e. The third-order valence-corrected chi connectivity index (χ3v) is 2.65. The Morgan fingerprint density at radius 1 is 1.50 bits per heavy atom. The van der Waals surface area contributed by atoms with Crippen LogP contribution in [0.5, 0.6) is 0 Å². The van der Waals surface area contributed by atoms with Gasteiger partial charge in [-0.1, -0.05) is 0 Å². The van der Waals surface area contributed by atoms with Gasteiger partial charge in [0.15, 0.2) is 0 Å². The monoisotopic (exact) mass is 226 g/mol. The van der Waals surface area contributed by atoms with Crippen LogP contribution >= 0.6 is 0 Å². The Morgan fingerprint density at radius 2 is 2.25 bits per heavy atom. The van der Waals surface area contributed by atoms with E-state index in [2.05, 4.69) is 11.9 Å². The van der Waals surface area contributed by atoms with Crippen molar-refractivity contribution in [2.75, 3.05) is 27.2 Å². The number of hydrogen-bond donors (Lipinski definition) is 1. The highest BCUT2D eigenvalue weighted by molar-refractivity contribution is 5.05. The number of nitrogens with zero attached hydrogens (tertiary/aromatic N) is 1. The van der Waals surface area contributed by atoms with Crippen LogP contribution in [0.15, 0.2) is 16.5 Å². The van der Waals surface area contributed by atoms with Gasteiger partial charge < -0.3 is 14.9 Å². The number of rotatable bonds is 7. The molecule has 4 nitrogen and oxygen atoms in total. The Morgan fingerprint density at radius 3 is 2.75 bits per heavy atom. The average molecular weight is 226 g/mol. The van der Waals surface area contributed by atoms with Crippen molar-refractivity contribution in [3.05, 3.63) is 23.7 Å². The van der Waals surface area contributed by atoms with E-state index in [4.69, 9.17) is 14.9 Å². The van der Waals surface area contributed by atoms with E-state index in [1.54, 1.807) is 7.11 Å². The van der Waals surface area contributed by atoms with Crippen LogP contribution in [0.2, 0.25) is 0 Å². The molecule has 1 unspecified atom stereocenters. The van der Waals surface area contributed by atoms with Crippen molar-refractivity contribution in [1.82, 2.24) is 4.90 Å². The first-order valence-electron chi connectivity index (χ1n) is 5.62. The third-order valence-electron chi connectivity index (χ3n) is 2.65. The Balaban J connectivity index is 2.27. The normalized spacial score (nSPS) is 13.3. The Kier molecular flexibility index (Phi) is 5.52. The Bertz CT molecular complexity index is 295. The molecule has 1 aromatic heterocycles. The van der Waals surface area contributed by atoms with Gasteiger partial charge in [-0.2, -0.15) is 0 Å². The van der Waals surface area contributed by atoms with Gasteiger partial charge in [-0.15, -0.1) is 0 Å². The second-order valence-electron chi connectivity index (χ2n) is 4.13. The van der Waals surface area contributed by atoms with Crippen LogP contribution in [-0.4, -0.2) is 38.3 Å². The zero-order valence-electron chi connectivity index (χ0n) is 10.4. The molecule has 0 fully saturated rings. The lowest BCUT2D eigenvalue weighted by molar-refractivity contribution is 0.0910. The van der Waals surface area contributed by atoms with Gasteiger partial charge in [-0.3, -0.25) is 4.90 Å². The molecule has 92 valence electrons. The maximum Gasteiger partial charge on any atom is 0.118 e. The molecule has 2 N–H and O–H groups in total. The predicted molar refractivity (Wildman–Crippen MR) is 64.2 cm³/mol.